The Morgan fingerprint density at radius 2 is 2.11 bits per heavy atom. The summed E-state index contributed by atoms with van der Waals surface area (Å²) in [6.07, 6.45) is 2.38. The van der Waals surface area contributed by atoms with Crippen molar-refractivity contribution in [2.24, 2.45) is 0 Å². The van der Waals surface area contributed by atoms with E-state index in [9.17, 15) is 18.0 Å². The van der Waals surface area contributed by atoms with Crippen LogP contribution in [0, 0.1) is 5.82 Å². The highest BCUT2D eigenvalue weighted by Gasteiger charge is 2.29. The molecule has 7 nitrogen and oxygen atoms in total. The molecule has 1 amide bonds. The van der Waals surface area contributed by atoms with E-state index in [1.54, 1.807) is 24.0 Å². The zero-order valence-corrected chi connectivity index (χ0v) is 14.7. The van der Waals surface area contributed by atoms with Crippen LogP contribution < -0.4 is 4.74 Å². The van der Waals surface area contributed by atoms with Gasteiger partial charge in [0, 0.05) is 18.8 Å². The van der Waals surface area contributed by atoms with Gasteiger partial charge in [-0.15, -0.1) is 0 Å². The van der Waals surface area contributed by atoms with Gasteiger partial charge in [-0.1, -0.05) is 6.07 Å². The number of pyridine rings is 1. The molecule has 0 bridgehead atoms. The second kappa shape index (κ2) is 7.02. The Hall–Kier alpha value is -3.30. The minimum atomic E-state index is -3.13. The third-order valence-corrected chi connectivity index (χ3v) is 4.41. The minimum Gasteiger partial charge on any atom is -0.442 e. The molecule has 1 unspecified atom stereocenters. The second-order valence-corrected chi connectivity index (χ2v) is 6.37. The molecule has 0 spiro atoms. The van der Waals surface area contributed by atoms with Crippen molar-refractivity contribution in [3.63, 3.8) is 0 Å². The summed E-state index contributed by atoms with van der Waals surface area (Å²) >= 11 is 0. The van der Waals surface area contributed by atoms with Crippen molar-refractivity contribution < 1.29 is 27.4 Å². The Labute approximate surface area is 157 Å². The lowest BCUT2D eigenvalue weighted by Crippen LogP contribution is -2.22. The van der Waals surface area contributed by atoms with Crippen molar-refractivity contribution in [1.82, 2.24) is 19.7 Å². The van der Waals surface area contributed by atoms with E-state index in [1.807, 2.05) is 0 Å². The molecule has 2 aromatic heterocycles. The van der Waals surface area contributed by atoms with Gasteiger partial charge in [0.1, 0.15) is 11.6 Å². The van der Waals surface area contributed by atoms with Crippen LogP contribution in [0.5, 0.6) is 5.75 Å². The van der Waals surface area contributed by atoms with Crippen molar-refractivity contribution in [1.29, 1.82) is 0 Å². The van der Waals surface area contributed by atoms with Crippen LogP contribution >= 0.6 is 0 Å². The maximum Gasteiger partial charge on any atom is 0.410 e. The van der Waals surface area contributed by atoms with Crippen LogP contribution in [0.3, 0.4) is 0 Å². The van der Waals surface area contributed by atoms with Gasteiger partial charge in [-0.05, 0) is 23.8 Å². The summed E-state index contributed by atoms with van der Waals surface area (Å²) in [4.78, 5) is 17.3. The lowest BCUT2D eigenvalue weighted by molar-refractivity contribution is -0.0521. The molecule has 0 N–H and O–H groups in total. The number of aromatic nitrogens is 3. The van der Waals surface area contributed by atoms with Crippen LogP contribution in [0.1, 0.15) is 0 Å². The van der Waals surface area contributed by atoms with Crippen molar-refractivity contribution in [2.75, 3.05) is 13.6 Å². The summed E-state index contributed by atoms with van der Waals surface area (Å²) in [5, 5.41) is 4.28. The number of halogens is 3. The second-order valence-electron chi connectivity index (χ2n) is 6.37. The molecule has 1 aromatic carbocycles. The molecule has 146 valence electrons. The average molecular weight is 392 g/mol. The molecule has 1 fully saturated rings. The van der Waals surface area contributed by atoms with Gasteiger partial charge in [0.15, 0.2) is 11.6 Å². The van der Waals surface area contributed by atoms with Crippen molar-refractivity contribution in [3.05, 3.63) is 42.5 Å². The molecule has 1 aliphatic heterocycles. The lowest BCUT2D eigenvalue weighted by Gasteiger charge is -2.10. The Morgan fingerprint density at radius 1 is 1.29 bits per heavy atom. The van der Waals surface area contributed by atoms with Crippen molar-refractivity contribution >= 4 is 17.1 Å². The van der Waals surface area contributed by atoms with E-state index in [0.29, 0.717) is 35.2 Å². The topological polar surface area (TPSA) is 69.5 Å². The van der Waals surface area contributed by atoms with Crippen LogP contribution in [-0.4, -0.2) is 52.1 Å². The Bertz CT molecular complexity index is 1040. The number of carbonyl (C=O) groups is 1. The predicted molar refractivity (Wildman–Crippen MR) is 92.5 cm³/mol. The number of benzene rings is 1. The first kappa shape index (κ1) is 18.1. The summed E-state index contributed by atoms with van der Waals surface area (Å²) in [6, 6.07) is 5.46. The summed E-state index contributed by atoms with van der Waals surface area (Å²) in [7, 11) is 1.65. The molecule has 1 aliphatic rings. The number of likely N-dealkylation sites (N-methyl/N-ethyl adjacent to an activating group) is 1. The molecule has 28 heavy (non-hydrogen) atoms. The first-order valence-electron chi connectivity index (χ1n) is 8.39. The van der Waals surface area contributed by atoms with Gasteiger partial charge in [0.2, 0.25) is 0 Å². The SMILES string of the molecule is CN1CC(Cn2ncc3ncc(-c4ccc(F)c(OC(F)F)c4)cc32)OC1=O. The maximum absolute atomic E-state index is 13.7. The van der Waals surface area contributed by atoms with Gasteiger partial charge < -0.3 is 14.4 Å². The van der Waals surface area contributed by atoms with E-state index in [4.69, 9.17) is 4.74 Å². The van der Waals surface area contributed by atoms with E-state index in [1.165, 1.54) is 23.2 Å². The summed E-state index contributed by atoms with van der Waals surface area (Å²) in [6.45, 7) is -2.34. The molecule has 3 aromatic rings. The fourth-order valence-corrected chi connectivity index (χ4v) is 3.07. The molecule has 3 heterocycles. The Kier molecular flexibility index (Phi) is 4.54. The largest absolute Gasteiger partial charge is 0.442 e. The first-order valence-corrected chi connectivity index (χ1v) is 8.39. The number of amides is 1. The van der Waals surface area contributed by atoms with Gasteiger partial charge in [0.05, 0.1) is 24.8 Å². The number of cyclic esters (lactones) is 1. The number of alkyl halides is 2. The molecular weight excluding hydrogens is 377 g/mol. The average Bonchev–Trinajstić information content (AvgIpc) is 3.19. The number of rotatable bonds is 5. The quantitative estimate of drug-likeness (QED) is 0.667. The third-order valence-electron chi connectivity index (χ3n) is 4.41. The standard InChI is InChI=1S/C18H15F3N4O3/c1-24-8-12(27-18(24)26)9-25-15-4-11(6-22-14(15)7-23-25)10-2-3-13(19)16(5-10)28-17(20)21/h2-7,12,17H,8-9H2,1H3. The highest BCUT2D eigenvalue weighted by molar-refractivity contribution is 5.80. The molecular formula is C18H15F3N4O3. The normalized spacial score (nSPS) is 16.8. The van der Waals surface area contributed by atoms with Crippen molar-refractivity contribution in [2.45, 2.75) is 19.3 Å². The van der Waals surface area contributed by atoms with Crippen LogP contribution in [0.4, 0.5) is 18.0 Å². The van der Waals surface area contributed by atoms with E-state index in [0.717, 1.165) is 6.07 Å². The Balaban J connectivity index is 1.65. The summed E-state index contributed by atoms with van der Waals surface area (Å²) in [5.74, 6) is -1.42. The first-order chi connectivity index (χ1) is 13.4. The van der Waals surface area contributed by atoms with E-state index >= 15 is 0 Å². The smallest absolute Gasteiger partial charge is 0.410 e. The molecule has 0 saturated carbocycles. The van der Waals surface area contributed by atoms with Crippen LogP contribution in [0.2, 0.25) is 0 Å². The van der Waals surface area contributed by atoms with Crippen molar-refractivity contribution in [3.8, 4) is 16.9 Å². The molecule has 1 atom stereocenters. The molecule has 10 heteroatoms. The number of nitrogens with zero attached hydrogens (tertiary/aromatic N) is 4. The predicted octanol–water partition coefficient (Wildman–Crippen LogP) is 3.29. The van der Waals surface area contributed by atoms with Crippen LogP contribution in [0.15, 0.2) is 36.7 Å². The maximum atomic E-state index is 13.7. The zero-order chi connectivity index (χ0) is 19.8. The Morgan fingerprint density at radius 3 is 2.82 bits per heavy atom. The minimum absolute atomic E-state index is 0.341. The van der Waals surface area contributed by atoms with Gasteiger partial charge in [0.25, 0.3) is 0 Å². The monoisotopic (exact) mass is 392 g/mol. The van der Waals surface area contributed by atoms with Gasteiger partial charge in [-0.25, -0.2) is 9.18 Å². The zero-order valence-electron chi connectivity index (χ0n) is 14.7. The highest BCUT2D eigenvalue weighted by atomic mass is 19.3. The fraction of sp³-hybridized carbons (Fsp3) is 0.278. The third kappa shape index (κ3) is 3.45. The van der Waals surface area contributed by atoms with Gasteiger partial charge in [-0.2, -0.15) is 13.9 Å². The van der Waals surface area contributed by atoms with Gasteiger partial charge in [-0.3, -0.25) is 9.67 Å². The number of fused-ring (bicyclic) bond motifs is 1. The molecule has 0 aliphatic carbocycles. The molecule has 1 saturated heterocycles. The van der Waals surface area contributed by atoms with Gasteiger partial charge >= 0.3 is 12.7 Å². The number of carbonyl (C=O) groups excluding carboxylic acids is 1. The summed E-state index contributed by atoms with van der Waals surface area (Å²) < 4.78 is 49.7. The van der Waals surface area contributed by atoms with Crippen LogP contribution in [0.25, 0.3) is 22.2 Å². The number of hydrogen-bond acceptors (Lipinski definition) is 5. The highest BCUT2D eigenvalue weighted by Crippen LogP contribution is 2.29. The van der Waals surface area contributed by atoms with E-state index < -0.39 is 24.3 Å². The fourth-order valence-electron chi connectivity index (χ4n) is 3.07. The summed E-state index contributed by atoms with van der Waals surface area (Å²) in [5.41, 5.74) is 2.33. The molecule has 4 rings (SSSR count). The molecule has 0 radical (unpaired) electrons. The van der Waals surface area contributed by atoms with E-state index in [2.05, 4.69) is 14.8 Å². The number of ether oxygens (including phenoxy) is 2. The van der Waals surface area contributed by atoms with Crippen LogP contribution in [-0.2, 0) is 11.3 Å². The van der Waals surface area contributed by atoms with E-state index in [-0.39, 0.29) is 6.10 Å². The lowest BCUT2D eigenvalue weighted by atomic mass is 10.1. The number of hydrogen-bond donors (Lipinski definition) is 0.